The van der Waals surface area contributed by atoms with E-state index in [0.29, 0.717) is 0 Å². The molecule has 0 unspecified atom stereocenters. The fourth-order valence-corrected chi connectivity index (χ4v) is 3.63. The van der Waals surface area contributed by atoms with Crippen molar-refractivity contribution < 1.29 is 21.6 Å². The molecule has 0 aliphatic carbocycles. The summed E-state index contributed by atoms with van der Waals surface area (Å²) in [5.41, 5.74) is 0.354. The quantitative estimate of drug-likeness (QED) is 0.495. The van der Waals surface area contributed by atoms with Gasteiger partial charge < -0.3 is 0 Å². The second-order valence-electron chi connectivity index (χ2n) is 6.59. The highest BCUT2D eigenvalue weighted by atomic mass is 32.2. The number of nitrogens with one attached hydrogen (secondary N) is 1. The van der Waals surface area contributed by atoms with Crippen LogP contribution in [0.1, 0.15) is 5.56 Å². The van der Waals surface area contributed by atoms with Crippen LogP contribution in [0.25, 0.3) is 33.6 Å². The highest BCUT2D eigenvalue weighted by molar-refractivity contribution is 7.89. The van der Waals surface area contributed by atoms with Gasteiger partial charge in [0.05, 0.1) is 10.6 Å². The van der Waals surface area contributed by atoms with Gasteiger partial charge in [0.25, 0.3) is 0 Å². The lowest BCUT2D eigenvalue weighted by molar-refractivity contribution is -0.136. The fourth-order valence-electron chi connectivity index (χ4n) is 3.12. The monoisotopic (exact) mass is 445 g/mol. The number of benzene rings is 2. The smallest absolute Gasteiger partial charge is 0.277 e. The van der Waals surface area contributed by atoms with Crippen molar-refractivity contribution in [2.75, 3.05) is 0 Å². The zero-order valence-electron chi connectivity index (χ0n) is 15.6. The first kappa shape index (κ1) is 20.7. The van der Waals surface area contributed by atoms with Crippen molar-refractivity contribution in [3.8, 4) is 33.6 Å². The number of nitrogens with zero attached hydrogens (tertiary/aromatic N) is 3. The van der Waals surface area contributed by atoms with Gasteiger partial charge in [-0.1, -0.05) is 36.4 Å². The predicted molar refractivity (Wildman–Crippen MR) is 107 cm³/mol. The van der Waals surface area contributed by atoms with Crippen LogP contribution in [0.2, 0.25) is 0 Å². The van der Waals surface area contributed by atoms with Crippen LogP contribution in [0.5, 0.6) is 0 Å². The molecule has 11 heteroatoms. The minimum atomic E-state index is -4.71. The standard InChI is InChI=1S/C20H14F3N5O2S/c21-20(22,23)17-18(13-3-1-12(2-4-13)15-9-25-11-26-10-15)27-28-19(17)14-5-7-16(8-6-14)31(24,29)30/h1-11H,(H,27,28)(H2,24,29,30). The Kier molecular flexibility index (Phi) is 5.07. The van der Waals surface area contributed by atoms with Crippen LogP contribution in [-0.4, -0.2) is 28.6 Å². The number of hydrogen-bond donors (Lipinski definition) is 2. The lowest BCUT2D eigenvalue weighted by Crippen LogP contribution is -2.12. The third kappa shape index (κ3) is 4.18. The van der Waals surface area contributed by atoms with Gasteiger partial charge in [-0.15, -0.1) is 0 Å². The summed E-state index contributed by atoms with van der Waals surface area (Å²) in [4.78, 5) is 7.64. The van der Waals surface area contributed by atoms with Crippen molar-refractivity contribution in [2.45, 2.75) is 11.1 Å². The van der Waals surface area contributed by atoms with E-state index in [1.54, 1.807) is 24.5 Å². The van der Waals surface area contributed by atoms with Gasteiger partial charge >= 0.3 is 6.18 Å². The number of sulfonamides is 1. The fraction of sp³-hybridized carbons (Fsp3) is 0.0500. The van der Waals surface area contributed by atoms with E-state index in [0.717, 1.165) is 23.3 Å². The van der Waals surface area contributed by atoms with E-state index in [1.807, 2.05) is 0 Å². The minimum absolute atomic E-state index is 0.122. The van der Waals surface area contributed by atoms with Crippen LogP contribution in [0.3, 0.4) is 0 Å². The Labute approximate surface area is 174 Å². The van der Waals surface area contributed by atoms with E-state index >= 15 is 0 Å². The number of aromatic nitrogens is 4. The molecule has 0 atom stereocenters. The van der Waals surface area contributed by atoms with E-state index in [1.165, 1.54) is 30.6 Å². The summed E-state index contributed by atoms with van der Waals surface area (Å²) in [6, 6.07) is 11.1. The molecule has 0 aliphatic rings. The van der Waals surface area contributed by atoms with Gasteiger partial charge in [0.15, 0.2) is 0 Å². The third-order valence-electron chi connectivity index (χ3n) is 4.57. The molecule has 0 radical (unpaired) electrons. The first-order valence-electron chi connectivity index (χ1n) is 8.79. The molecule has 3 N–H and O–H groups in total. The van der Waals surface area contributed by atoms with Crippen molar-refractivity contribution in [1.82, 2.24) is 20.2 Å². The molecule has 0 bridgehead atoms. The molecule has 0 aliphatic heterocycles. The second-order valence-corrected chi connectivity index (χ2v) is 8.16. The summed E-state index contributed by atoms with van der Waals surface area (Å²) in [5, 5.41) is 11.4. The normalized spacial score (nSPS) is 12.1. The van der Waals surface area contributed by atoms with Gasteiger partial charge in [0, 0.05) is 29.1 Å². The van der Waals surface area contributed by atoms with Crippen molar-refractivity contribution in [3.05, 3.63) is 72.8 Å². The molecule has 31 heavy (non-hydrogen) atoms. The maximum Gasteiger partial charge on any atom is 0.420 e. The molecule has 2 heterocycles. The lowest BCUT2D eigenvalue weighted by atomic mass is 9.99. The number of halogens is 3. The van der Waals surface area contributed by atoms with Gasteiger partial charge in [-0.25, -0.2) is 23.5 Å². The third-order valence-corrected chi connectivity index (χ3v) is 5.50. The highest BCUT2D eigenvalue weighted by Gasteiger charge is 2.39. The molecule has 2 aromatic carbocycles. The van der Waals surface area contributed by atoms with Crippen LogP contribution in [0.4, 0.5) is 13.2 Å². The topological polar surface area (TPSA) is 115 Å². The van der Waals surface area contributed by atoms with Crippen LogP contribution in [0.15, 0.2) is 72.1 Å². The SMILES string of the molecule is NS(=O)(=O)c1ccc(-c2[nH]nc(-c3ccc(-c4cncnc4)cc3)c2C(F)(F)F)cc1. The Morgan fingerprint density at radius 2 is 1.35 bits per heavy atom. The van der Waals surface area contributed by atoms with Crippen molar-refractivity contribution in [3.63, 3.8) is 0 Å². The largest absolute Gasteiger partial charge is 0.420 e. The molecule has 4 aromatic rings. The maximum atomic E-state index is 13.9. The van der Waals surface area contributed by atoms with Gasteiger partial charge in [0.2, 0.25) is 10.0 Å². The molecule has 2 aromatic heterocycles. The van der Waals surface area contributed by atoms with Crippen molar-refractivity contribution in [1.29, 1.82) is 0 Å². The molecule has 0 amide bonds. The first-order chi connectivity index (χ1) is 14.6. The van der Waals surface area contributed by atoms with Crippen LogP contribution >= 0.6 is 0 Å². The number of primary sulfonamides is 1. The molecule has 0 fully saturated rings. The van der Waals surface area contributed by atoms with E-state index < -0.39 is 21.8 Å². The second kappa shape index (κ2) is 7.60. The Bertz CT molecular complexity index is 1320. The summed E-state index contributed by atoms with van der Waals surface area (Å²) in [6.45, 7) is 0. The number of aromatic amines is 1. The average Bonchev–Trinajstić information content (AvgIpc) is 3.20. The highest BCUT2D eigenvalue weighted by Crippen LogP contribution is 2.42. The Hall–Kier alpha value is -3.57. The van der Waals surface area contributed by atoms with Crippen molar-refractivity contribution in [2.24, 2.45) is 5.14 Å². The maximum absolute atomic E-state index is 13.9. The molecule has 0 saturated carbocycles. The summed E-state index contributed by atoms with van der Waals surface area (Å²) < 4.78 is 64.6. The molecule has 0 saturated heterocycles. The number of rotatable bonds is 4. The summed E-state index contributed by atoms with van der Waals surface area (Å²) in [6.07, 6.45) is -0.127. The molecule has 158 valence electrons. The van der Waals surface area contributed by atoms with Gasteiger partial charge in [-0.05, 0) is 17.7 Å². The lowest BCUT2D eigenvalue weighted by Gasteiger charge is -2.11. The van der Waals surface area contributed by atoms with E-state index in [-0.39, 0.29) is 27.4 Å². The minimum Gasteiger partial charge on any atom is -0.277 e. The molecule has 7 nitrogen and oxygen atoms in total. The van der Waals surface area contributed by atoms with Crippen LogP contribution < -0.4 is 5.14 Å². The Morgan fingerprint density at radius 1 is 0.806 bits per heavy atom. The summed E-state index contributed by atoms with van der Waals surface area (Å²) >= 11 is 0. The first-order valence-corrected chi connectivity index (χ1v) is 10.3. The average molecular weight is 445 g/mol. The zero-order valence-corrected chi connectivity index (χ0v) is 16.4. The van der Waals surface area contributed by atoms with E-state index in [2.05, 4.69) is 20.2 Å². The Morgan fingerprint density at radius 3 is 1.90 bits per heavy atom. The molecular weight excluding hydrogens is 431 g/mol. The predicted octanol–water partition coefficient (Wildman–Crippen LogP) is 3.87. The number of alkyl halides is 3. The van der Waals surface area contributed by atoms with E-state index in [9.17, 15) is 21.6 Å². The van der Waals surface area contributed by atoms with Gasteiger partial charge in [-0.2, -0.15) is 18.3 Å². The molecular formula is C20H14F3N5O2S. The zero-order chi connectivity index (χ0) is 22.2. The van der Waals surface area contributed by atoms with Crippen LogP contribution in [0, 0.1) is 0 Å². The van der Waals surface area contributed by atoms with Gasteiger partial charge in [-0.3, -0.25) is 5.10 Å². The molecule has 4 rings (SSSR count). The van der Waals surface area contributed by atoms with E-state index in [4.69, 9.17) is 5.14 Å². The number of nitrogens with two attached hydrogens (primary N) is 1. The van der Waals surface area contributed by atoms with Crippen LogP contribution in [-0.2, 0) is 16.2 Å². The Balaban J connectivity index is 1.77. The molecule has 0 spiro atoms. The summed E-state index contributed by atoms with van der Waals surface area (Å²) in [5.74, 6) is 0. The summed E-state index contributed by atoms with van der Waals surface area (Å²) in [7, 11) is -3.96. The number of H-pyrrole nitrogens is 1. The number of hydrogen-bond acceptors (Lipinski definition) is 5. The van der Waals surface area contributed by atoms with Crippen molar-refractivity contribution >= 4 is 10.0 Å². The van der Waals surface area contributed by atoms with Gasteiger partial charge in [0.1, 0.15) is 17.6 Å².